The Bertz CT molecular complexity index is 1760. The summed E-state index contributed by atoms with van der Waals surface area (Å²) in [4.78, 5) is 25.4. The number of aromatic nitrogens is 4. The second-order valence-corrected chi connectivity index (χ2v) is 9.23. The zero-order valence-electron chi connectivity index (χ0n) is 20.4. The summed E-state index contributed by atoms with van der Waals surface area (Å²) in [6.45, 7) is 3.41. The van der Waals surface area contributed by atoms with E-state index in [1.807, 2.05) is 0 Å². The molecule has 0 fully saturated rings. The highest BCUT2D eigenvalue weighted by Crippen LogP contribution is 2.47. The fourth-order valence-corrected chi connectivity index (χ4v) is 4.99. The molecule has 13 heteroatoms. The highest BCUT2D eigenvalue weighted by molar-refractivity contribution is 6.41. The van der Waals surface area contributed by atoms with Gasteiger partial charge in [0, 0.05) is 41.2 Å². The third-order valence-corrected chi connectivity index (χ3v) is 6.83. The Hall–Kier alpha value is -4.12. The Labute approximate surface area is 236 Å². The Morgan fingerprint density at radius 1 is 1.05 bits per heavy atom. The largest absolute Gasteiger partial charge is 0.495 e. The summed E-state index contributed by atoms with van der Waals surface area (Å²) in [6, 6.07) is 5.62. The molecular formula is C26H18Cl3FN6O3. The second kappa shape index (κ2) is 10.6. The van der Waals surface area contributed by atoms with Gasteiger partial charge in [0.05, 0.1) is 40.7 Å². The molecule has 0 unspecified atom stereocenters. The van der Waals surface area contributed by atoms with Crippen molar-refractivity contribution in [1.82, 2.24) is 19.4 Å². The van der Waals surface area contributed by atoms with Gasteiger partial charge in [-0.05, 0) is 24.3 Å². The van der Waals surface area contributed by atoms with Gasteiger partial charge in [-0.15, -0.1) is 0 Å². The fraction of sp³-hybridized carbons (Fsp3) is 0.0769. The first-order valence-corrected chi connectivity index (χ1v) is 12.3. The van der Waals surface area contributed by atoms with E-state index in [0.29, 0.717) is 39.3 Å². The van der Waals surface area contributed by atoms with Crippen LogP contribution in [-0.4, -0.2) is 39.5 Å². The molecule has 3 heterocycles. The van der Waals surface area contributed by atoms with Crippen LogP contribution >= 0.6 is 34.8 Å². The Kier molecular flexibility index (Phi) is 7.17. The minimum atomic E-state index is -0.636. The summed E-state index contributed by atoms with van der Waals surface area (Å²) >= 11 is 19.6. The highest BCUT2D eigenvalue weighted by Gasteiger charge is 2.23. The minimum absolute atomic E-state index is 0.0115. The van der Waals surface area contributed by atoms with Crippen LogP contribution in [0.3, 0.4) is 0 Å². The molecule has 1 amide bonds. The summed E-state index contributed by atoms with van der Waals surface area (Å²) in [6.07, 6.45) is 5.95. The van der Waals surface area contributed by atoms with Crippen LogP contribution in [0.4, 0.5) is 21.7 Å². The quantitative estimate of drug-likeness (QED) is 0.199. The van der Waals surface area contributed by atoms with Gasteiger partial charge in [0.25, 0.3) is 0 Å². The van der Waals surface area contributed by atoms with Crippen LogP contribution in [0.25, 0.3) is 27.8 Å². The van der Waals surface area contributed by atoms with Crippen molar-refractivity contribution < 1.29 is 18.7 Å². The molecule has 9 nitrogen and oxygen atoms in total. The molecule has 0 aliphatic carbocycles. The van der Waals surface area contributed by atoms with Crippen molar-refractivity contribution in [2.75, 3.05) is 24.9 Å². The van der Waals surface area contributed by atoms with Gasteiger partial charge >= 0.3 is 0 Å². The first-order chi connectivity index (χ1) is 18.7. The average molecular weight is 588 g/mol. The van der Waals surface area contributed by atoms with Gasteiger partial charge in [-0.1, -0.05) is 41.4 Å². The van der Waals surface area contributed by atoms with Crippen molar-refractivity contribution in [1.29, 1.82) is 0 Å². The molecule has 2 N–H and O–H groups in total. The standard InChI is InChI=1S/C26H18Cl3FN6O3/c1-4-19(37)33-16-9-13(30)8-15(27)23(16)34-26-32-11-12-7-14(25-31-5-6-36(25)24(12)35-26)20-21(28)17(38-2)10-18(39-3)22(20)29/h4-11H,1H2,2-3H3,(H,33,37)(H,32,34,35). The molecule has 5 aromatic rings. The first kappa shape index (κ1) is 26.5. The number of benzene rings is 2. The molecule has 0 radical (unpaired) electrons. The summed E-state index contributed by atoms with van der Waals surface area (Å²) in [7, 11) is 2.99. The third kappa shape index (κ3) is 4.78. The van der Waals surface area contributed by atoms with Crippen molar-refractivity contribution >= 4 is 74.7 Å². The molecule has 39 heavy (non-hydrogen) atoms. The van der Waals surface area contributed by atoms with Crippen LogP contribution in [0.5, 0.6) is 11.5 Å². The van der Waals surface area contributed by atoms with E-state index < -0.39 is 11.7 Å². The maximum absolute atomic E-state index is 14.0. The summed E-state index contributed by atoms with van der Waals surface area (Å²) < 4.78 is 26.6. The number of nitrogens with zero attached hydrogens (tertiary/aromatic N) is 4. The summed E-state index contributed by atoms with van der Waals surface area (Å²) in [5, 5.41) is 6.69. The lowest BCUT2D eigenvalue weighted by molar-refractivity contribution is -0.111. The van der Waals surface area contributed by atoms with Crippen molar-refractivity contribution in [2.24, 2.45) is 0 Å². The predicted octanol–water partition coefficient (Wildman–Crippen LogP) is 6.93. The fourth-order valence-electron chi connectivity index (χ4n) is 4.03. The maximum Gasteiger partial charge on any atom is 0.247 e. The average Bonchev–Trinajstić information content (AvgIpc) is 3.41. The number of methoxy groups -OCH3 is 2. The minimum Gasteiger partial charge on any atom is -0.495 e. The molecule has 0 atom stereocenters. The van der Waals surface area contributed by atoms with Crippen molar-refractivity contribution in [3.05, 3.63) is 76.4 Å². The second-order valence-electron chi connectivity index (χ2n) is 8.06. The molecule has 0 aliphatic heterocycles. The lowest BCUT2D eigenvalue weighted by atomic mass is 10.0. The van der Waals surface area contributed by atoms with E-state index >= 15 is 0 Å². The number of hydrogen-bond donors (Lipinski definition) is 2. The predicted molar refractivity (Wildman–Crippen MR) is 150 cm³/mol. The summed E-state index contributed by atoms with van der Waals surface area (Å²) in [5.74, 6) is -0.290. The van der Waals surface area contributed by atoms with Gasteiger partial charge < -0.3 is 20.1 Å². The Balaban J connectivity index is 1.66. The van der Waals surface area contributed by atoms with E-state index in [-0.39, 0.29) is 32.4 Å². The normalized spacial score (nSPS) is 11.0. The number of rotatable bonds is 7. The molecule has 3 aromatic heterocycles. The van der Waals surface area contributed by atoms with Gasteiger partial charge in [0.15, 0.2) is 5.65 Å². The number of pyridine rings is 1. The van der Waals surface area contributed by atoms with Crippen molar-refractivity contribution in [3.8, 4) is 22.6 Å². The zero-order chi connectivity index (χ0) is 27.8. The van der Waals surface area contributed by atoms with E-state index in [0.717, 1.165) is 18.2 Å². The first-order valence-electron chi connectivity index (χ1n) is 11.2. The number of carbonyl (C=O) groups excluding carboxylic acids is 1. The number of fused-ring (bicyclic) bond motifs is 3. The van der Waals surface area contributed by atoms with Crippen LogP contribution < -0.4 is 20.1 Å². The number of hydrogen-bond acceptors (Lipinski definition) is 7. The Morgan fingerprint density at radius 2 is 1.77 bits per heavy atom. The van der Waals surface area contributed by atoms with Crippen molar-refractivity contribution in [3.63, 3.8) is 0 Å². The number of imidazole rings is 1. The van der Waals surface area contributed by atoms with Crippen LogP contribution in [-0.2, 0) is 4.79 Å². The van der Waals surface area contributed by atoms with E-state index in [1.165, 1.54) is 14.2 Å². The van der Waals surface area contributed by atoms with Gasteiger partial charge in [0.2, 0.25) is 11.9 Å². The number of amides is 1. The SMILES string of the molecule is C=CC(=O)Nc1cc(F)cc(Cl)c1Nc1ncc2cc(-c3c(Cl)c(OC)cc(OC)c3Cl)c3nccn3c2n1. The molecule has 5 rings (SSSR count). The van der Waals surface area contributed by atoms with Crippen LogP contribution in [0.15, 0.2) is 55.5 Å². The molecule has 198 valence electrons. The molecular weight excluding hydrogens is 570 g/mol. The Morgan fingerprint density at radius 3 is 2.44 bits per heavy atom. The lowest BCUT2D eigenvalue weighted by Crippen LogP contribution is -2.10. The molecule has 0 bridgehead atoms. The zero-order valence-corrected chi connectivity index (χ0v) is 22.6. The van der Waals surface area contributed by atoms with Crippen LogP contribution in [0.2, 0.25) is 15.1 Å². The molecule has 2 aromatic carbocycles. The van der Waals surface area contributed by atoms with E-state index in [1.54, 1.807) is 35.1 Å². The molecule has 0 saturated carbocycles. The van der Waals surface area contributed by atoms with Gasteiger partial charge in [0.1, 0.15) is 23.0 Å². The monoisotopic (exact) mass is 586 g/mol. The van der Waals surface area contributed by atoms with E-state index in [9.17, 15) is 9.18 Å². The number of ether oxygens (including phenoxy) is 2. The number of carbonyl (C=O) groups is 1. The van der Waals surface area contributed by atoms with Gasteiger partial charge in [-0.3, -0.25) is 9.20 Å². The molecule has 0 aliphatic rings. The summed E-state index contributed by atoms with van der Waals surface area (Å²) in [5.41, 5.74) is 2.35. The maximum atomic E-state index is 14.0. The molecule has 0 spiro atoms. The van der Waals surface area contributed by atoms with Crippen LogP contribution in [0.1, 0.15) is 0 Å². The number of nitrogens with one attached hydrogen (secondary N) is 2. The number of halogens is 4. The highest BCUT2D eigenvalue weighted by atomic mass is 35.5. The van der Waals surface area contributed by atoms with Gasteiger partial charge in [-0.25, -0.2) is 14.4 Å². The number of anilines is 3. The topological polar surface area (TPSA) is 103 Å². The van der Waals surface area contributed by atoms with Crippen LogP contribution in [0, 0.1) is 5.82 Å². The molecule has 0 saturated heterocycles. The smallest absolute Gasteiger partial charge is 0.247 e. The van der Waals surface area contributed by atoms with E-state index in [2.05, 4.69) is 32.2 Å². The van der Waals surface area contributed by atoms with Crippen molar-refractivity contribution in [2.45, 2.75) is 0 Å². The van der Waals surface area contributed by atoms with Gasteiger partial charge in [-0.2, -0.15) is 4.98 Å². The van der Waals surface area contributed by atoms with E-state index in [4.69, 9.17) is 44.3 Å². The third-order valence-electron chi connectivity index (χ3n) is 5.78. The lowest BCUT2D eigenvalue weighted by Gasteiger charge is -2.16.